The van der Waals surface area contributed by atoms with Gasteiger partial charge in [-0.3, -0.25) is 0 Å². The Balaban J connectivity index is 2.14. The molecule has 1 rings (SSSR count). The standard InChI is InChI=1S/C13H28N2O/c1-11(2)12(8-14)9-15-10-13(4-5-13)6-7-16-3/h11-12,15H,4-10,14H2,1-3H3. The summed E-state index contributed by atoms with van der Waals surface area (Å²) in [5, 5.41) is 3.59. The van der Waals surface area contributed by atoms with Crippen molar-refractivity contribution in [1.82, 2.24) is 5.32 Å². The van der Waals surface area contributed by atoms with Crippen molar-refractivity contribution in [1.29, 1.82) is 0 Å². The molecule has 0 heterocycles. The zero-order valence-corrected chi connectivity index (χ0v) is 11.1. The van der Waals surface area contributed by atoms with Crippen molar-refractivity contribution in [2.45, 2.75) is 33.1 Å². The lowest BCUT2D eigenvalue weighted by Crippen LogP contribution is -2.35. The van der Waals surface area contributed by atoms with Gasteiger partial charge in [-0.15, -0.1) is 0 Å². The van der Waals surface area contributed by atoms with E-state index < -0.39 is 0 Å². The van der Waals surface area contributed by atoms with E-state index in [1.807, 2.05) is 0 Å². The van der Waals surface area contributed by atoms with Crippen molar-refractivity contribution < 1.29 is 4.74 Å². The minimum Gasteiger partial charge on any atom is -0.385 e. The highest BCUT2D eigenvalue weighted by molar-refractivity contribution is 4.94. The lowest BCUT2D eigenvalue weighted by Gasteiger charge is -2.22. The highest BCUT2D eigenvalue weighted by atomic mass is 16.5. The molecule has 16 heavy (non-hydrogen) atoms. The summed E-state index contributed by atoms with van der Waals surface area (Å²) in [7, 11) is 1.78. The van der Waals surface area contributed by atoms with Crippen LogP contribution < -0.4 is 11.1 Å². The molecular formula is C13H28N2O. The number of nitrogens with two attached hydrogens (primary N) is 1. The van der Waals surface area contributed by atoms with Crippen LogP contribution >= 0.6 is 0 Å². The Labute approximate surface area is 100 Å². The molecule has 3 heteroatoms. The summed E-state index contributed by atoms with van der Waals surface area (Å²) in [6.45, 7) is 8.37. The Hall–Kier alpha value is -0.120. The van der Waals surface area contributed by atoms with Crippen LogP contribution in [0.1, 0.15) is 33.1 Å². The van der Waals surface area contributed by atoms with Gasteiger partial charge in [0.05, 0.1) is 0 Å². The van der Waals surface area contributed by atoms with Crippen LogP contribution in [-0.4, -0.2) is 33.4 Å². The van der Waals surface area contributed by atoms with E-state index in [9.17, 15) is 0 Å². The number of rotatable bonds is 9. The van der Waals surface area contributed by atoms with Crippen LogP contribution in [0.2, 0.25) is 0 Å². The molecule has 1 fully saturated rings. The number of methoxy groups -OCH3 is 1. The molecule has 0 amide bonds. The molecule has 1 saturated carbocycles. The Kier molecular flexibility index (Phi) is 5.73. The lowest BCUT2D eigenvalue weighted by atomic mass is 9.95. The zero-order chi connectivity index (χ0) is 12.0. The monoisotopic (exact) mass is 228 g/mol. The molecular weight excluding hydrogens is 200 g/mol. The molecule has 0 spiro atoms. The second-order valence-electron chi connectivity index (χ2n) is 5.61. The first kappa shape index (κ1) is 13.9. The van der Waals surface area contributed by atoms with Gasteiger partial charge < -0.3 is 15.8 Å². The van der Waals surface area contributed by atoms with Gasteiger partial charge in [-0.1, -0.05) is 13.8 Å². The molecule has 1 atom stereocenters. The van der Waals surface area contributed by atoms with Crippen molar-refractivity contribution in [3.8, 4) is 0 Å². The summed E-state index contributed by atoms with van der Waals surface area (Å²) in [5.74, 6) is 1.28. The third kappa shape index (κ3) is 4.40. The van der Waals surface area contributed by atoms with Gasteiger partial charge in [0.2, 0.25) is 0 Å². The number of hydrogen-bond acceptors (Lipinski definition) is 3. The number of ether oxygens (including phenoxy) is 1. The Morgan fingerprint density at radius 2 is 2.06 bits per heavy atom. The van der Waals surface area contributed by atoms with E-state index >= 15 is 0 Å². The van der Waals surface area contributed by atoms with E-state index in [0.29, 0.717) is 17.3 Å². The number of hydrogen-bond donors (Lipinski definition) is 2. The summed E-state index contributed by atoms with van der Waals surface area (Å²) in [5.41, 5.74) is 6.31. The van der Waals surface area contributed by atoms with Crippen LogP contribution in [0.3, 0.4) is 0 Å². The van der Waals surface area contributed by atoms with Gasteiger partial charge in [0, 0.05) is 20.3 Å². The summed E-state index contributed by atoms with van der Waals surface area (Å²) < 4.78 is 5.16. The van der Waals surface area contributed by atoms with Crippen LogP contribution in [0.15, 0.2) is 0 Å². The zero-order valence-electron chi connectivity index (χ0n) is 11.1. The van der Waals surface area contributed by atoms with E-state index in [2.05, 4.69) is 19.2 Å². The smallest absolute Gasteiger partial charge is 0.0468 e. The maximum Gasteiger partial charge on any atom is 0.0468 e. The van der Waals surface area contributed by atoms with Gasteiger partial charge in [-0.25, -0.2) is 0 Å². The molecule has 0 aromatic carbocycles. The van der Waals surface area contributed by atoms with Gasteiger partial charge in [0.1, 0.15) is 0 Å². The molecule has 0 bridgehead atoms. The van der Waals surface area contributed by atoms with Crippen LogP contribution in [-0.2, 0) is 4.74 Å². The first-order valence-corrected chi connectivity index (χ1v) is 6.53. The predicted octanol–water partition coefficient (Wildman–Crippen LogP) is 1.62. The molecule has 1 aliphatic rings. The maximum absolute atomic E-state index is 5.76. The van der Waals surface area contributed by atoms with E-state index in [1.54, 1.807) is 7.11 Å². The molecule has 3 nitrogen and oxygen atoms in total. The summed E-state index contributed by atoms with van der Waals surface area (Å²) >= 11 is 0. The van der Waals surface area contributed by atoms with E-state index in [-0.39, 0.29) is 0 Å². The van der Waals surface area contributed by atoms with E-state index in [1.165, 1.54) is 19.3 Å². The topological polar surface area (TPSA) is 47.3 Å². The Morgan fingerprint density at radius 1 is 1.38 bits per heavy atom. The normalized spacial score (nSPS) is 20.1. The SMILES string of the molecule is COCCC1(CNCC(CN)C(C)C)CC1. The fraction of sp³-hybridized carbons (Fsp3) is 1.00. The van der Waals surface area contributed by atoms with Crippen molar-refractivity contribution in [2.24, 2.45) is 23.0 Å². The van der Waals surface area contributed by atoms with E-state index in [4.69, 9.17) is 10.5 Å². The molecule has 1 aliphatic carbocycles. The third-order valence-electron chi connectivity index (χ3n) is 3.95. The molecule has 0 aliphatic heterocycles. The Bertz CT molecular complexity index is 190. The van der Waals surface area contributed by atoms with E-state index in [0.717, 1.165) is 26.2 Å². The van der Waals surface area contributed by atoms with Crippen LogP contribution in [0.4, 0.5) is 0 Å². The summed E-state index contributed by atoms with van der Waals surface area (Å²) in [6.07, 6.45) is 3.92. The summed E-state index contributed by atoms with van der Waals surface area (Å²) in [6, 6.07) is 0. The molecule has 3 N–H and O–H groups in total. The number of nitrogens with one attached hydrogen (secondary N) is 1. The molecule has 0 saturated heterocycles. The molecule has 0 radical (unpaired) electrons. The van der Waals surface area contributed by atoms with Crippen molar-refractivity contribution in [3.05, 3.63) is 0 Å². The van der Waals surface area contributed by atoms with Gasteiger partial charge >= 0.3 is 0 Å². The van der Waals surface area contributed by atoms with Crippen molar-refractivity contribution in [2.75, 3.05) is 33.4 Å². The minimum atomic E-state index is 0.548. The van der Waals surface area contributed by atoms with Crippen molar-refractivity contribution >= 4 is 0 Å². The average Bonchev–Trinajstić information content (AvgIpc) is 3.02. The highest BCUT2D eigenvalue weighted by Gasteiger charge is 2.41. The van der Waals surface area contributed by atoms with Gasteiger partial charge in [0.15, 0.2) is 0 Å². The predicted molar refractivity (Wildman–Crippen MR) is 68.4 cm³/mol. The van der Waals surface area contributed by atoms with Gasteiger partial charge in [-0.2, -0.15) is 0 Å². The van der Waals surface area contributed by atoms with Gasteiger partial charge in [-0.05, 0) is 49.6 Å². The quantitative estimate of drug-likeness (QED) is 0.630. The average molecular weight is 228 g/mol. The highest BCUT2D eigenvalue weighted by Crippen LogP contribution is 2.48. The Morgan fingerprint density at radius 3 is 2.50 bits per heavy atom. The summed E-state index contributed by atoms with van der Waals surface area (Å²) in [4.78, 5) is 0. The van der Waals surface area contributed by atoms with Crippen LogP contribution in [0, 0.1) is 17.3 Å². The minimum absolute atomic E-state index is 0.548. The molecule has 0 aromatic heterocycles. The fourth-order valence-corrected chi connectivity index (χ4v) is 2.12. The van der Waals surface area contributed by atoms with Crippen LogP contribution in [0.25, 0.3) is 0 Å². The first-order chi connectivity index (χ1) is 7.63. The third-order valence-corrected chi connectivity index (χ3v) is 3.95. The first-order valence-electron chi connectivity index (χ1n) is 6.53. The molecule has 0 aromatic rings. The molecule has 96 valence electrons. The second-order valence-corrected chi connectivity index (χ2v) is 5.61. The lowest BCUT2D eigenvalue weighted by molar-refractivity contribution is 0.170. The van der Waals surface area contributed by atoms with Gasteiger partial charge in [0.25, 0.3) is 0 Å². The molecule has 1 unspecified atom stereocenters. The van der Waals surface area contributed by atoms with Crippen molar-refractivity contribution in [3.63, 3.8) is 0 Å². The fourth-order valence-electron chi connectivity index (χ4n) is 2.12. The maximum atomic E-state index is 5.76. The second kappa shape index (κ2) is 6.58. The van der Waals surface area contributed by atoms with Crippen LogP contribution in [0.5, 0.6) is 0 Å². The largest absolute Gasteiger partial charge is 0.385 e.